The highest BCUT2D eigenvalue weighted by molar-refractivity contribution is 5.72. The van der Waals surface area contributed by atoms with Gasteiger partial charge < -0.3 is 0 Å². The number of aryl methyl sites for hydroxylation is 1. The van der Waals surface area contributed by atoms with Crippen molar-refractivity contribution in [2.24, 2.45) is 13.0 Å². The summed E-state index contributed by atoms with van der Waals surface area (Å²) in [5.41, 5.74) is 0.707. The van der Waals surface area contributed by atoms with E-state index in [-0.39, 0.29) is 5.56 Å². The van der Waals surface area contributed by atoms with Gasteiger partial charge in [-0.3, -0.25) is 14.0 Å². The summed E-state index contributed by atoms with van der Waals surface area (Å²) < 4.78 is 3.39. The third-order valence-corrected chi connectivity index (χ3v) is 3.90. The van der Waals surface area contributed by atoms with Crippen LogP contribution in [0.25, 0.3) is 11.0 Å². The van der Waals surface area contributed by atoms with Crippen LogP contribution in [0.15, 0.2) is 17.3 Å². The highest BCUT2D eigenvalue weighted by Gasteiger charge is 2.16. The van der Waals surface area contributed by atoms with E-state index < -0.39 is 0 Å². The van der Waals surface area contributed by atoms with E-state index in [9.17, 15) is 4.79 Å². The van der Waals surface area contributed by atoms with E-state index in [1.165, 1.54) is 32.1 Å². The van der Waals surface area contributed by atoms with Gasteiger partial charge in [0.25, 0.3) is 5.56 Å². The van der Waals surface area contributed by atoms with Gasteiger partial charge in [0, 0.05) is 13.6 Å². The van der Waals surface area contributed by atoms with Crippen LogP contribution in [0.2, 0.25) is 0 Å². The van der Waals surface area contributed by atoms with Crippen molar-refractivity contribution in [2.45, 2.75) is 38.6 Å². The third kappa shape index (κ3) is 1.94. The van der Waals surface area contributed by atoms with E-state index in [1.807, 2.05) is 0 Å². The molecule has 0 N–H and O–H groups in total. The molecule has 0 radical (unpaired) electrons. The van der Waals surface area contributed by atoms with Gasteiger partial charge in [-0.2, -0.15) is 5.10 Å². The Balaban J connectivity index is 1.92. The zero-order valence-electron chi connectivity index (χ0n) is 10.7. The van der Waals surface area contributed by atoms with E-state index in [4.69, 9.17) is 0 Å². The van der Waals surface area contributed by atoms with Crippen LogP contribution in [0.1, 0.15) is 32.1 Å². The van der Waals surface area contributed by atoms with Crippen molar-refractivity contribution in [3.05, 3.63) is 22.9 Å². The van der Waals surface area contributed by atoms with Crippen LogP contribution < -0.4 is 5.56 Å². The van der Waals surface area contributed by atoms with Gasteiger partial charge in [-0.1, -0.05) is 19.3 Å². The fourth-order valence-corrected chi connectivity index (χ4v) is 2.84. The second kappa shape index (κ2) is 4.55. The van der Waals surface area contributed by atoms with Crippen molar-refractivity contribution >= 4 is 11.0 Å². The molecule has 5 nitrogen and oxygen atoms in total. The molecule has 0 unspecified atom stereocenters. The molecule has 0 aromatic carbocycles. The molecule has 0 bridgehead atoms. The lowest BCUT2D eigenvalue weighted by molar-refractivity contribution is 0.315. The summed E-state index contributed by atoms with van der Waals surface area (Å²) in [7, 11) is 1.81. The molecule has 3 rings (SSSR count). The first-order valence-electron chi connectivity index (χ1n) is 6.63. The average molecular weight is 246 g/mol. The Labute approximate surface area is 105 Å². The van der Waals surface area contributed by atoms with Crippen LogP contribution in [-0.4, -0.2) is 19.3 Å². The maximum absolute atomic E-state index is 12.3. The predicted molar refractivity (Wildman–Crippen MR) is 69.3 cm³/mol. The lowest BCUT2D eigenvalue weighted by Crippen LogP contribution is -2.25. The highest BCUT2D eigenvalue weighted by Crippen LogP contribution is 2.24. The maximum Gasteiger partial charge on any atom is 0.264 e. The lowest BCUT2D eigenvalue weighted by atomic mass is 9.89. The molecule has 1 aliphatic rings. The number of hydrogen-bond acceptors (Lipinski definition) is 3. The summed E-state index contributed by atoms with van der Waals surface area (Å²) in [6.07, 6.45) is 9.67. The summed E-state index contributed by atoms with van der Waals surface area (Å²) in [5.74, 6) is 0.632. The number of fused-ring (bicyclic) bond motifs is 1. The number of rotatable bonds is 2. The lowest BCUT2D eigenvalue weighted by Gasteiger charge is -2.21. The normalized spacial score (nSPS) is 17.4. The summed E-state index contributed by atoms with van der Waals surface area (Å²) in [6, 6.07) is 0. The van der Waals surface area contributed by atoms with Gasteiger partial charge in [0.1, 0.15) is 5.39 Å². The summed E-state index contributed by atoms with van der Waals surface area (Å²) in [6.45, 7) is 0.802. The minimum Gasteiger partial charge on any atom is -0.298 e. The minimum absolute atomic E-state index is 0.0404. The zero-order chi connectivity index (χ0) is 12.5. The van der Waals surface area contributed by atoms with E-state index in [1.54, 1.807) is 28.8 Å². The van der Waals surface area contributed by atoms with Gasteiger partial charge >= 0.3 is 0 Å². The van der Waals surface area contributed by atoms with E-state index in [0.29, 0.717) is 17.0 Å². The van der Waals surface area contributed by atoms with Crippen LogP contribution in [0.3, 0.4) is 0 Å². The standard InChI is InChI=1S/C13H18N4O/c1-16-12-11(7-15-16)13(18)17(9-14-12)8-10-5-3-2-4-6-10/h7,9-10H,2-6,8H2,1H3. The smallest absolute Gasteiger partial charge is 0.264 e. The molecule has 0 amide bonds. The van der Waals surface area contributed by atoms with Crippen molar-refractivity contribution < 1.29 is 0 Å². The second-order valence-electron chi connectivity index (χ2n) is 5.21. The van der Waals surface area contributed by atoms with Gasteiger partial charge in [-0.15, -0.1) is 0 Å². The molecule has 0 atom stereocenters. The Bertz CT molecular complexity index is 607. The van der Waals surface area contributed by atoms with Crippen molar-refractivity contribution in [3.8, 4) is 0 Å². The fourth-order valence-electron chi connectivity index (χ4n) is 2.84. The number of hydrogen-bond donors (Lipinski definition) is 0. The van der Waals surface area contributed by atoms with Gasteiger partial charge in [0.15, 0.2) is 5.65 Å². The molecule has 0 spiro atoms. The van der Waals surface area contributed by atoms with Crippen LogP contribution in [0, 0.1) is 5.92 Å². The SMILES string of the molecule is Cn1ncc2c(=O)n(CC3CCCCC3)cnc21. The molecule has 0 saturated heterocycles. The monoisotopic (exact) mass is 246 g/mol. The van der Waals surface area contributed by atoms with Gasteiger partial charge in [-0.05, 0) is 18.8 Å². The quantitative estimate of drug-likeness (QED) is 0.810. The molecular weight excluding hydrogens is 228 g/mol. The van der Waals surface area contributed by atoms with Gasteiger partial charge in [0.05, 0.1) is 12.5 Å². The molecular formula is C13H18N4O. The number of nitrogens with zero attached hydrogens (tertiary/aromatic N) is 4. The Morgan fingerprint density at radius 1 is 1.33 bits per heavy atom. The highest BCUT2D eigenvalue weighted by atomic mass is 16.1. The van der Waals surface area contributed by atoms with Crippen LogP contribution in [0.4, 0.5) is 0 Å². The molecule has 96 valence electrons. The Morgan fingerprint density at radius 2 is 2.11 bits per heavy atom. The first-order valence-corrected chi connectivity index (χ1v) is 6.63. The third-order valence-electron chi connectivity index (χ3n) is 3.90. The van der Waals surface area contributed by atoms with Crippen molar-refractivity contribution in [3.63, 3.8) is 0 Å². The molecule has 5 heteroatoms. The van der Waals surface area contributed by atoms with Crippen LogP contribution >= 0.6 is 0 Å². The van der Waals surface area contributed by atoms with Gasteiger partial charge in [-0.25, -0.2) is 4.98 Å². The Hall–Kier alpha value is -1.65. The van der Waals surface area contributed by atoms with E-state index >= 15 is 0 Å². The molecule has 2 aromatic rings. The second-order valence-corrected chi connectivity index (χ2v) is 5.21. The number of aromatic nitrogens is 4. The average Bonchev–Trinajstić information content (AvgIpc) is 2.77. The van der Waals surface area contributed by atoms with E-state index in [0.717, 1.165) is 6.54 Å². The zero-order valence-corrected chi connectivity index (χ0v) is 10.7. The Morgan fingerprint density at radius 3 is 2.89 bits per heavy atom. The fraction of sp³-hybridized carbons (Fsp3) is 0.615. The Kier molecular flexibility index (Phi) is 2.89. The molecule has 1 saturated carbocycles. The maximum atomic E-state index is 12.3. The largest absolute Gasteiger partial charge is 0.298 e. The minimum atomic E-state index is 0.0404. The summed E-state index contributed by atoms with van der Waals surface area (Å²) in [5, 5.41) is 4.71. The molecule has 2 aromatic heterocycles. The van der Waals surface area contributed by atoms with Crippen molar-refractivity contribution in [1.29, 1.82) is 0 Å². The topological polar surface area (TPSA) is 52.7 Å². The van der Waals surface area contributed by atoms with Gasteiger partial charge in [0.2, 0.25) is 0 Å². The van der Waals surface area contributed by atoms with Crippen LogP contribution in [0.5, 0.6) is 0 Å². The first-order chi connectivity index (χ1) is 8.75. The summed E-state index contributed by atoms with van der Waals surface area (Å²) in [4.78, 5) is 16.6. The first kappa shape index (κ1) is 11.4. The van der Waals surface area contributed by atoms with E-state index in [2.05, 4.69) is 10.1 Å². The van der Waals surface area contributed by atoms with Crippen molar-refractivity contribution in [2.75, 3.05) is 0 Å². The molecule has 2 heterocycles. The molecule has 18 heavy (non-hydrogen) atoms. The molecule has 1 aliphatic carbocycles. The molecule has 1 fully saturated rings. The molecule has 0 aliphatic heterocycles. The predicted octanol–water partition coefficient (Wildman–Crippen LogP) is 1.71. The summed E-state index contributed by atoms with van der Waals surface area (Å²) >= 11 is 0. The van der Waals surface area contributed by atoms with Crippen LogP contribution in [-0.2, 0) is 13.6 Å². The van der Waals surface area contributed by atoms with Crippen molar-refractivity contribution in [1.82, 2.24) is 19.3 Å².